The van der Waals surface area contributed by atoms with Crippen LogP contribution in [-0.4, -0.2) is 73.7 Å². The second kappa shape index (κ2) is 7.96. The fourth-order valence-electron chi connectivity index (χ4n) is 2.64. The number of rotatable bonds is 7. The summed E-state index contributed by atoms with van der Waals surface area (Å²) in [7, 11) is 1.68. The van der Waals surface area contributed by atoms with Crippen LogP contribution in [-0.2, 0) is 9.53 Å². The standard InChI is InChI=1S/C15H31N3O2/c1-6-13(2)18(11-12-20-5)14(19)15(3,4)17-9-7-16-8-10-17/h13,16H,6-12H2,1-5H3. The normalized spacial score (nSPS) is 18.9. The van der Waals surface area contributed by atoms with E-state index in [0.717, 1.165) is 32.6 Å². The molecular formula is C15H31N3O2. The first kappa shape index (κ1) is 17.4. The van der Waals surface area contributed by atoms with Gasteiger partial charge in [-0.25, -0.2) is 0 Å². The predicted octanol–water partition coefficient (Wildman–Crippen LogP) is 0.944. The van der Waals surface area contributed by atoms with Crippen LogP contribution in [0.4, 0.5) is 0 Å². The molecule has 20 heavy (non-hydrogen) atoms. The first-order chi connectivity index (χ1) is 9.45. The highest BCUT2D eigenvalue weighted by Gasteiger charge is 2.39. The molecule has 0 aromatic rings. The Kier molecular flexibility index (Phi) is 6.92. The van der Waals surface area contributed by atoms with Crippen LogP contribution in [0.2, 0.25) is 0 Å². The van der Waals surface area contributed by atoms with Gasteiger partial charge in [-0.2, -0.15) is 0 Å². The van der Waals surface area contributed by atoms with Gasteiger partial charge in [0.25, 0.3) is 0 Å². The van der Waals surface area contributed by atoms with Gasteiger partial charge in [0.15, 0.2) is 0 Å². The molecular weight excluding hydrogens is 254 g/mol. The molecule has 1 N–H and O–H groups in total. The molecule has 1 fully saturated rings. The summed E-state index contributed by atoms with van der Waals surface area (Å²) in [5.74, 6) is 0.214. The van der Waals surface area contributed by atoms with E-state index in [-0.39, 0.29) is 11.9 Å². The zero-order valence-corrected chi connectivity index (χ0v) is 13.7. The molecule has 5 heteroatoms. The molecule has 1 saturated heterocycles. The predicted molar refractivity (Wildman–Crippen MR) is 81.9 cm³/mol. The van der Waals surface area contributed by atoms with Crippen LogP contribution >= 0.6 is 0 Å². The fourth-order valence-corrected chi connectivity index (χ4v) is 2.64. The molecule has 1 heterocycles. The van der Waals surface area contributed by atoms with Gasteiger partial charge < -0.3 is 15.0 Å². The van der Waals surface area contributed by atoms with Crippen LogP contribution < -0.4 is 5.32 Å². The molecule has 0 aliphatic carbocycles. The van der Waals surface area contributed by atoms with Crippen LogP contribution in [0.25, 0.3) is 0 Å². The molecule has 1 unspecified atom stereocenters. The zero-order chi connectivity index (χ0) is 15.2. The number of amides is 1. The van der Waals surface area contributed by atoms with Gasteiger partial charge in [0, 0.05) is 45.9 Å². The Hall–Kier alpha value is -0.650. The molecule has 1 rings (SSSR count). The van der Waals surface area contributed by atoms with Gasteiger partial charge in [0.05, 0.1) is 12.1 Å². The third-order valence-corrected chi connectivity index (χ3v) is 4.35. The smallest absolute Gasteiger partial charge is 0.242 e. The second-order valence-corrected chi connectivity index (χ2v) is 6.04. The van der Waals surface area contributed by atoms with E-state index in [1.54, 1.807) is 7.11 Å². The molecule has 118 valence electrons. The summed E-state index contributed by atoms with van der Waals surface area (Å²) in [5.41, 5.74) is -0.445. The summed E-state index contributed by atoms with van der Waals surface area (Å²) < 4.78 is 5.16. The van der Waals surface area contributed by atoms with Crippen LogP contribution in [0.3, 0.4) is 0 Å². The van der Waals surface area contributed by atoms with Gasteiger partial charge in [0.2, 0.25) is 5.91 Å². The number of ether oxygens (including phenoxy) is 1. The molecule has 1 aliphatic heterocycles. The number of piperazine rings is 1. The third-order valence-electron chi connectivity index (χ3n) is 4.35. The Bertz CT molecular complexity index is 301. The lowest BCUT2D eigenvalue weighted by molar-refractivity contribution is -0.146. The summed E-state index contributed by atoms with van der Waals surface area (Å²) in [6.07, 6.45) is 0.965. The number of carbonyl (C=O) groups excluding carboxylic acids is 1. The van der Waals surface area contributed by atoms with Crippen LogP contribution in [0.5, 0.6) is 0 Å². The number of nitrogens with zero attached hydrogens (tertiary/aromatic N) is 2. The lowest BCUT2D eigenvalue weighted by atomic mass is 9.98. The minimum Gasteiger partial charge on any atom is -0.383 e. The van der Waals surface area contributed by atoms with Crippen molar-refractivity contribution in [2.75, 3.05) is 46.4 Å². The molecule has 0 saturated carbocycles. The van der Waals surface area contributed by atoms with Gasteiger partial charge >= 0.3 is 0 Å². The topological polar surface area (TPSA) is 44.8 Å². The van der Waals surface area contributed by atoms with E-state index in [2.05, 4.69) is 24.1 Å². The van der Waals surface area contributed by atoms with Gasteiger partial charge in [0.1, 0.15) is 0 Å². The lowest BCUT2D eigenvalue weighted by Crippen LogP contribution is -2.62. The maximum absolute atomic E-state index is 13.0. The number of nitrogens with one attached hydrogen (secondary N) is 1. The summed E-state index contributed by atoms with van der Waals surface area (Å²) in [6.45, 7) is 13.3. The zero-order valence-electron chi connectivity index (χ0n) is 13.7. The quantitative estimate of drug-likeness (QED) is 0.756. The molecule has 1 aliphatic rings. The van der Waals surface area contributed by atoms with Gasteiger partial charge in [-0.15, -0.1) is 0 Å². The Labute approximate surface area is 123 Å². The van der Waals surface area contributed by atoms with E-state index in [0.29, 0.717) is 13.2 Å². The molecule has 0 bridgehead atoms. The number of methoxy groups -OCH3 is 1. The SMILES string of the molecule is CCC(C)N(CCOC)C(=O)C(C)(C)N1CCNCC1. The van der Waals surface area contributed by atoms with E-state index in [9.17, 15) is 4.79 Å². The minimum atomic E-state index is -0.445. The molecule has 0 radical (unpaired) electrons. The van der Waals surface area contributed by atoms with Crippen molar-refractivity contribution in [1.82, 2.24) is 15.1 Å². The highest BCUT2D eigenvalue weighted by atomic mass is 16.5. The highest BCUT2D eigenvalue weighted by molar-refractivity contribution is 5.85. The summed E-state index contributed by atoms with van der Waals surface area (Å²) in [5, 5.41) is 3.34. The van der Waals surface area contributed by atoms with Crippen molar-refractivity contribution in [3.63, 3.8) is 0 Å². The Morgan fingerprint density at radius 3 is 2.50 bits per heavy atom. The van der Waals surface area contributed by atoms with Gasteiger partial charge in [-0.3, -0.25) is 9.69 Å². The molecule has 0 aromatic carbocycles. The molecule has 1 amide bonds. The van der Waals surface area contributed by atoms with E-state index < -0.39 is 5.54 Å². The maximum atomic E-state index is 13.0. The lowest BCUT2D eigenvalue weighted by Gasteiger charge is -2.43. The minimum absolute atomic E-state index is 0.214. The average molecular weight is 285 g/mol. The van der Waals surface area contributed by atoms with E-state index >= 15 is 0 Å². The molecule has 5 nitrogen and oxygen atoms in total. The van der Waals surface area contributed by atoms with Gasteiger partial charge in [-0.05, 0) is 27.2 Å². The van der Waals surface area contributed by atoms with Crippen LogP contribution in [0, 0.1) is 0 Å². The summed E-state index contributed by atoms with van der Waals surface area (Å²) in [6, 6.07) is 0.250. The third kappa shape index (κ3) is 4.17. The van der Waals surface area contributed by atoms with Crippen molar-refractivity contribution >= 4 is 5.91 Å². The average Bonchev–Trinajstić information content (AvgIpc) is 2.47. The number of hydrogen-bond donors (Lipinski definition) is 1. The first-order valence-electron chi connectivity index (χ1n) is 7.70. The van der Waals surface area contributed by atoms with Crippen molar-refractivity contribution in [1.29, 1.82) is 0 Å². The molecule has 0 aromatic heterocycles. The van der Waals surface area contributed by atoms with Crippen molar-refractivity contribution in [2.45, 2.75) is 45.7 Å². The fraction of sp³-hybridized carbons (Fsp3) is 0.933. The van der Waals surface area contributed by atoms with Crippen molar-refractivity contribution in [3.05, 3.63) is 0 Å². The Morgan fingerprint density at radius 2 is 2.00 bits per heavy atom. The Balaban J connectivity index is 2.79. The van der Waals surface area contributed by atoms with E-state index in [4.69, 9.17) is 4.74 Å². The highest BCUT2D eigenvalue weighted by Crippen LogP contribution is 2.20. The summed E-state index contributed by atoms with van der Waals surface area (Å²) >= 11 is 0. The first-order valence-corrected chi connectivity index (χ1v) is 7.70. The number of hydrogen-bond acceptors (Lipinski definition) is 4. The Morgan fingerprint density at radius 1 is 1.40 bits per heavy atom. The van der Waals surface area contributed by atoms with E-state index in [1.165, 1.54) is 0 Å². The van der Waals surface area contributed by atoms with Crippen molar-refractivity contribution < 1.29 is 9.53 Å². The molecule has 1 atom stereocenters. The van der Waals surface area contributed by atoms with E-state index in [1.807, 2.05) is 18.7 Å². The molecule has 0 spiro atoms. The van der Waals surface area contributed by atoms with Crippen LogP contribution in [0.1, 0.15) is 34.1 Å². The largest absolute Gasteiger partial charge is 0.383 e. The van der Waals surface area contributed by atoms with Crippen molar-refractivity contribution in [3.8, 4) is 0 Å². The maximum Gasteiger partial charge on any atom is 0.242 e. The summed E-state index contributed by atoms with van der Waals surface area (Å²) in [4.78, 5) is 17.2. The second-order valence-electron chi connectivity index (χ2n) is 6.04. The van der Waals surface area contributed by atoms with Crippen LogP contribution in [0.15, 0.2) is 0 Å². The van der Waals surface area contributed by atoms with Crippen molar-refractivity contribution in [2.24, 2.45) is 0 Å². The van der Waals surface area contributed by atoms with Gasteiger partial charge in [-0.1, -0.05) is 6.92 Å². The number of carbonyl (C=O) groups is 1. The monoisotopic (exact) mass is 285 g/mol.